The third kappa shape index (κ3) is 2.87. The highest BCUT2D eigenvalue weighted by Gasteiger charge is 2.11. The summed E-state index contributed by atoms with van der Waals surface area (Å²) in [6.45, 7) is 1.61. The van der Waals surface area contributed by atoms with Crippen molar-refractivity contribution in [3.05, 3.63) is 18.2 Å². The number of carbonyl (C=O) groups excluding carboxylic acids is 1. The maximum absolute atomic E-state index is 11.4. The molecule has 16 heavy (non-hydrogen) atoms. The molecule has 0 saturated heterocycles. The van der Waals surface area contributed by atoms with Crippen molar-refractivity contribution in [1.82, 2.24) is 0 Å². The van der Waals surface area contributed by atoms with E-state index in [9.17, 15) is 4.79 Å². The van der Waals surface area contributed by atoms with Crippen molar-refractivity contribution in [2.45, 2.75) is 13.0 Å². The van der Waals surface area contributed by atoms with Gasteiger partial charge >= 0.3 is 0 Å². The quantitative estimate of drug-likeness (QED) is 0.799. The van der Waals surface area contributed by atoms with Gasteiger partial charge in [0.15, 0.2) is 0 Å². The van der Waals surface area contributed by atoms with Crippen molar-refractivity contribution in [3.63, 3.8) is 0 Å². The number of nitrogens with one attached hydrogen (secondary N) is 1. The number of carbonyl (C=O) groups is 1. The van der Waals surface area contributed by atoms with Crippen molar-refractivity contribution in [2.75, 3.05) is 19.5 Å². The molecule has 1 rings (SSSR count). The maximum Gasteiger partial charge on any atom is 0.241 e. The van der Waals surface area contributed by atoms with Gasteiger partial charge in [-0.2, -0.15) is 0 Å². The lowest BCUT2D eigenvalue weighted by atomic mass is 10.2. The molecule has 5 nitrogen and oxygen atoms in total. The fraction of sp³-hybridized carbons (Fsp3) is 0.364. The van der Waals surface area contributed by atoms with E-state index in [1.54, 1.807) is 32.2 Å². The van der Waals surface area contributed by atoms with Crippen LogP contribution in [0.3, 0.4) is 0 Å². The van der Waals surface area contributed by atoms with Crippen LogP contribution in [0.4, 0.5) is 5.69 Å². The minimum Gasteiger partial charge on any atom is -0.497 e. The molecular formula is C11H16N2O3. The van der Waals surface area contributed by atoms with Gasteiger partial charge in [-0.3, -0.25) is 4.79 Å². The third-order valence-electron chi connectivity index (χ3n) is 2.08. The Hall–Kier alpha value is -1.75. The van der Waals surface area contributed by atoms with Gasteiger partial charge in [0, 0.05) is 6.07 Å². The summed E-state index contributed by atoms with van der Waals surface area (Å²) in [7, 11) is 3.09. The zero-order valence-electron chi connectivity index (χ0n) is 9.61. The molecule has 0 unspecified atom stereocenters. The second-order valence-corrected chi connectivity index (χ2v) is 3.34. The second kappa shape index (κ2) is 5.37. The van der Waals surface area contributed by atoms with Gasteiger partial charge in [-0.05, 0) is 19.1 Å². The lowest BCUT2D eigenvalue weighted by molar-refractivity contribution is -0.117. The smallest absolute Gasteiger partial charge is 0.241 e. The summed E-state index contributed by atoms with van der Waals surface area (Å²) in [4.78, 5) is 11.4. The summed E-state index contributed by atoms with van der Waals surface area (Å²) in [5.74, 6) is 0.933. The fourth-order valence-electron chi connectivity index (χ4n) is 1.16. The monoisotopic (exact) mass is 224 g/mol. The molecule has 0 heterocycles. The van der Waals surface area contributed by atoms with Crippen LogP contribution < -0.4 is 20.5 Å². The highest BCUT2D eigenvalue weighted by molar-refractivity contribution is 5.95. The summed E-state index contributed by atoms with van der Waals surface area (Å²) in [5, 5.41) is 2.67. The van der Waals surface area contributed by atoms with E-state index in [1.807, 2.05) is 0 Å². The molecule has 0 saturated carbocycles. The number of methoxy groups -OCH3 is 2. The molecule has 1 amide bonds. The number of rotatable bonds is 4. The van der Waals surface area contributed by atoms with Crippen molar-refractivity contribution >= 4 is 11.6 Å². The Kier molecular flexibility index (Phi) is 4.13. The standard InChI is InChI=1S/C11H16N2O3/c1-7(12)11(14)13-9-6-8(15-2)4-5-10(9)16-3/h4-7H,12H2,1-3H3,(H,13,14)/t7-/m0/s1. The number of amides is 1. The van der Waals surface area contributed by atoms with Crippen LogP contribution in [-0.4, -0.2) is 26.2 Å². The number of nitrogens with two attached hydrogens (primary N) is 1. The summed E-state index contributed by atoms with van der Waals surface area (Å²) in [6.07, 6.45) is 0. The molecular weight excluding hydrogens is 208 g/mol. The van der Waals surface area contributed by atoms with Crippen LogP contribution in [0.5, 0.6) is 11.5 Å². The highest BCUT2D eigenvalue weighted by Crippen LogP contribution is 2.28. The van der Waals surface area contributed by atoms with E-state index in [1.165, 1.54) is 7.11 Å². The van der Waals surface area contributed by atoms with Crippen LogP contribution in [-0.2, 0) is 4.79 Å². The lowest BCUT2D eigenvalue weighted by Crippen LogP contribution is -2.32. The molecule has 0 bridgehead atoms. The fourth-order valence-corrected chi connectivity index (χ4v) is 1.16. The first-order valence-electron chi connectivity index (χ1n) is 4.87. The zero-order valence-corrected chi connectivity index (χ0v) is 9.61. The van der Waals surface area contributed by atoms with E-state index in [4.69, 9.17) is 15.2 Å². The predicted octanol–water partition coefficient (Wildman–Crippen LogP) is 0.989. The Bertz CT molecular complexity index is 377. The summed E-state index contributed by atoms with van der Waals surface area (Å²) >= 11 is 0. The normalized spacial score (nSPS) is 11.8. The number of hydrogen-bond acceptors (Lipinski definition) is 4. The van der Waals surface area contributed by atoms with Crippen LogP contribution in [0.25, 0.3) is 0 Å². The van der Waals surface area contributed by atoms with Gasteiger partial charge < -0.3 is 20.5 Å². The summed E-state index contributed by atoms with van der Waals surface area (Å²) in [6, 6.07) is 4.57. The number of benzene rings is 1. The average Bonchev–Trinajstić information content (AvgIpc) is 2.28. The van der Waals surface area contributed by atoms with Crippen LogP contribution in [0.2, 0.25) is 0 Å². The molecule has 3 N–H and O–H groups in total. The first kappa shape index (κ1) is 12.3. The highest BCUT2D eigenvalue weighted by atomic mass is 16.5. The number of hydrogen-bond donors (Lipinski definition) is 2. The van der Waals surface area contributed by atoms with Crippen molar-refractivity contribution in [3.8, 4) is 11.5 Å². The molecule has 5 heteroatoms. The maximum atomic E-state index is 11.4. The Labute approximate surface area is 94.5 Å². The first-order chi connectivity index (χ1) is 7.58. The van der Waals surface area contributed by atoms with Crippen LogP contribution in [0, 0.1) is 0 Å². The van der Waals surface area contributed by atoms with E-state index in [0.29, 0.717) is 17.2 Å². The Morgan fingerprint density at radius 1 is 1.38 bits per heavy atom. The van der Waals surface area contributed by atoms with Gasteiger partial charge in [0.25, 0.3) is 0 Å². The molecule has 0 radical (unpaired) electrons. The van der Waals surface area contributed by atoms with Crippen molar-refractivity contribution in [1.29, 1.82) is 0 Å². The average molecular weight is 224 g/mol. The van der Waals surface area contributed by atoms with Crippen LogP contribution in [0.15, 0.2) is 18.2 Å². The molecule has 0 aromatic heterocycles. The van der Waals surface area contributed by atoms with Gasteiger partial charge in [-0.15, -0.1) is 0 Å². The van der Waals surface area contributed by atoms with Gasteiger partial charge in [0.05, 0.1) is 25.9 Å². The molecule has 0 aliphatic rings. The largest absolute Gasteiger partial charge is 0.497 e. The van der Waals surface area contributed by atoms with Crippen LogP contribution in [0.1, 0.15) is 6.92 Å². The number of ether oxygens (including phenoxy) is 2. The number of anilines is 1. The van der Waals surface area contributed by atoms with E-state index < -0.39 is 6.04 Å². The molecule has 1 aromatic carbocycles. The van der Waals surface area contributed by atoms with Gasteiger partial charge in [0.2, 0.25) is 5.91 Å². The minimum absolute atomic E-state index is 0.272. The van der Waals surface area contributed by atoms with Gasteiger partial charge in [0.1, 0.15) is 11.5 Å². The van der Waals surface area contributed by atoms with E-state index >= 15 is 0 Å². The predicted molar refractivity (Wildman–Crippen MR) is 61.8 cm³/mol. The first-order valence-corrected chi connectivity index (χ1v) is 4.87. The SMILES string of the molecule is COc1ccc(OC)c(NC(=O)[C@H](C)N)c1. The molecule has 0 aliphatic carbocycles. The molecule has 0 aliphatic heterocycles. The van der Waals surface area contributed by atoms with Gasteiger partial charge in [-0.1, -0.05) is 0 Å². The molecule has 88 valence electrons. The van der Waals surface area contributed by atoms with Gasteiger partial charge in [-0.25, -0.2) is 0 Å². The van der Waals surface area contributed by atoms with E-state index in [-0.39, 0.29) is 5.91 Å². The Morgan fingerprint density at radius 3 is 2.56 bits per heavy atom. The van der Waals surface area contributed by atoms with Crippen molar-refractivity contribution in [2.24, 2.45) is 5.73 Å². The molecule has 1 aromatic rings. The molecule has 0 spiro atoms. The summed E-state index contributed by atoms with van der Waals surface area (Å²) in [5.41, 5.74) is 6.01. The molecule has 1 atom stereocenters. The zero-order chi connectivity index (χ0) is 12.1. The second-order valence-electron chi connectivity index (χ2n) is 3.34. The van der Waals surface area contributed by atoms with E-state index in [2.05, 4.69) is 5.32 Å². The third-order valence-corrected chi connectivity index (χ3v) is 2.08. The summed E-state index contributed by atoms with van der Waals surface area (Å²) < 4.78 is 10.2. The molecule has 0 fully saturated rings. The Balaban J connectivity index is 2.95. The topological polar surface area (TPSA) is 73.6 Å². The van der Waals surface area contributed by atoms with E-state index in [0.717, 1.165) is 0 Å². The minimum atomic E-state index is -0.573. The van der Waals surface area contributed by atoms with Crippen LogP contribution >= 0.6 is 0 Å². The van der Waals surface area contributed by atoms with Crippen molar-refractivity contribution < 1.29 is 14.3 Å². The Morgan fingerprint density at radius 2 is 2.06 bits per heavy atom. The lowest BCUT2D eigenvalue weighted by Gasteiger charge is -2.12.